The van der Waals surface area contributed by atoms with Crippen LogP contribution in [0, 0.1) is 34.6 Å². The van der Waals surface area contributed by atoms with E-state index in [0.29, 0.717) is 6.42 Å². The minimum absolute atomic E-state index is 0.218. The van der Waals surface area contributed by atoms with Crippen molar-refractivity contribution in [2.45, 2.75) is 41.0 Å². The maximum Gasteiger partial charge on any atom is 0.167 e. The number of benzene rings is 2. The van der Waals surface area contributed by atoms with Gasteiger partial charge in [-0.1, -0.05) is 35.9 Å². The second kappa shape index (κ2) is 5.62. The third-order valence-electron chi connectivity index (χ3n) is 3.94. The summed E-state index contributed by atoms with van der Waals surface area (Å²) in [5.41, 5.74) is 7.86. The van der Waals surface area contributed by atoms with Gasteiger partial charge < -0.3 is 0 Å². The minimum Gasteiger partial charge on any atom is -0.294 e. The van der Waals surface area contributed by atoms with Gasteiger partial charge in [-0.3, -0.25) is 4.79 Å². The Balaban J connectivity index is 2.38. The molecule has 0 aliphatic heterocycles. The van der Waals surface area contributed by atoms with Crippen LogP contribution in [0.15, 0.2) is 30.3 Å². The minimum atomic E-state index is 0.218. The van der Waals surface area contributed by atoms with Crippen molar-refractivity contribution in [1.82, 2.24) is 0 Å². The second-order valence-corrected chi connectivity index (χ2v) is 5.74. The van der Waals surface area contributed by atoms with E-state index in [9.17, 15) is 4.79 Å². The molecule has 0 spiro atoms. The molecular weight excluding hydrogens is 244 g/mol. The van der Waals surface area contributed by atoms with Crippen LogP contribution < -0.4 is 0 Å². The molecule has 0 bridgehead atoms. The molecule has 2 aromatic rings. The number of hydrogen-bond donors (Lipinski definition) is 0. The van der Waals surface area contributed by atoms with Gasteiger partial charge >= 0.3 is 0 Å². The molecule has 0 heterocycles. The first-order valence-electron chi connectivity index (χ1n) is 7.06. The van der Waals surface area contributed by atoms with Gasteiger partial charge in [0.15, 0.2) is 5.78 Å². The van der Waals surface area contributed by atoms with E-state index in [4.69, 9.17) is 0 Å². The van der Waals surface area contributed by atoms with Crippen molar-refractivity contribution in [2.24, 2.45) is 0 Å². The van der Waals surface area contributed by atoms with Crippen molar-refractivity contribution in [3.8, 4) is 0 Å². The lowest BCUT2D eigenvalue weighted by Crippen LogP contribution is -2.10. The lowest BCUT2D eigenvalue weighted by Gasteiger charge is -2.13. The molecule has 1 nitrogen and oxygen atoms in total. The molecule has 1 heteroatoms. The highest BCUT2D eigenvalue weighted by molar-refractivity contribution is 6.00. The fourth-order valence-corrected chi connectivity index (χ4v) is 2.99. The molecule has 0 aliphatic rings. The van der Waals surface area contributed by atoms with Crippen molar-refractivity contribution < 1.29 is 4.79 Å². The van der Waals surface area contributed by atoms with Gasteiger partial charge in [0.05, 0.1) is 0 Å². The quantitative estimate of drug-likeness (QED) is 0.739. The maximum atomic E-state index is 12.6. The van der Waals surface area contributed by atoms with Crippen LogP contribution in [-0.2, 0) is 6.42 Å². The van der Waals surface area contributed by atoms with Crippen molar-refractivity contribution >= 4 is 5.78 Å². The summed E-state index contributed by atoms with van der Waals surface area (Å²) in [5.74, 6) is 0.218. The molecule has 0 amide bonds. The van der Waals surface area contributed by atoms with Crippen molar-refractivity contribution in [3.05, 3.63) is 69.3 Å². The molecular formula is C19H22O. The fraction of sp³-hybridized carbons (Fsp3) is 0.316. The first-order chi connectivity index (χ1) is 9.40. The predicted octanol–water partition coefficient (Wildman–Crippen LogP) is 4.65. The molecule has 0 N–H and O–H groups in total. The van der Waals surface area contributed by atoms with Crippen LogP contribution in [0.2, 0.25) is 0 Å². The average Bonchev–Trinajstić information content (AvgIpc) is 2.33. The van der Waals surface area contributed by atoms with E-state index >= 15 is 0 Å². The smallest absolute Gasteiger partial charge is 0.167 e. The molecule has 2 aromatic carbocycles. The Morgan fingerprint density at radius 3 is 1.85 bits per heavy atom. The Morgan fingerprint density at radius 1 is 0.850 bits per heavy atom. The van der Waals surface area contributed by atoms with Gasteiger partial charge in [0.25, 0.3) is 0 Å². The summed E-state index contributed by atoms with van der Waals surface area (Å²) in [4.78, 5) is 12.6. The Morgan fingerprint density at radius 2 is 1.35 bits per heavy atom. The van der Waals surface area contributed by atoms with E-state index < -0.39 is 0 Å². The number of ketones is 1. The van der Waals surface area contributed by atoms with Crippen LogP contribution in [0.4, 0.5) is 0 Å². The van der Waals surface area contributed by atoms with Crippen LogP contribution in [0.5, 0.6) is 0 Å². The highest BCUT2D eigenvalue weighted by Crippen LogP contribution is 2.21. The van der Waals surface area contributed by atoms with Crippen molar-refractivity contribution in [2.75, 3.05) is 0 Å². The average molecular weight is 266 g/mol. The molecule has 0 unspecified atom stereocenters. The monoisotopic (exact) mass is 266 g/mol. The fourth-order valence-electron chi connectivity index (χ4n) is 2.99. The largest absolute Gasteiger partial charge is 0.294 e. The topological polar surface area (TPSA) is 17.1 Å². The number of carbonyl (C=O) groups is 1. The molecule has 0 aliphatic carbocycles. The molecule has 20 heavy (non-hydrogen) atoms. The van der Waals surface area contributed by atoms with Crippen molar-refractivity contribution in [1.29, 1.82) is 0 Å². The lowest BCUT2D eigenvalue weighted by atomic mass is 9.91. The summed E-state index contributed by atoms with van der Waals surface area (Å²) >= 11 is 0. The number of carbonyl (C=O) groups excluding carboxylic acids is 1. The summed E-state index contributed by atoms with van der Waals surface area (Å²) in [6, 6.07) is 10.3. The molecule has 0 atom stereocenters. The van der Waals surface area contributed by atoms with Crippen LogP contribution >= 0.6 is 0 Å². The van der Waals surface area contributed by atoms with E-state index in [0.717, 1.165) is 16.7 Å². The number of rotatable bonds is 3. The van der Waals surface area contributed by atoms with Crippen LogP contribution in [0.25, 0.3) is 0 Å². The molecule has 104 valence electrons. The van der Waals surface area contributed by atoms with Gasteiger partial charge in [0.1, 0.15) is 0 Å². The van der Waals surface area contributed by atoms with E-state index in [1.807, 2.05) is 32.0 Å². The highest BCUT2D eigenvalue weighted by atomic mass is 16.1. The number of hydrogen-bond acceptors (Lipinski definition) is 1. The molecule has 0 radical (unpaired) electrons. The maximum absolute atomic E-state index is 12.6. The molecule has 0 saturated carbocycles. The zero-order valence-corrected chi connectivity index (χ0v) is 13.0. The third-order valence-corrected chi connectivity index (χ3v) is 3.94. The zero-order chi connectivity index (χ0) is 14.9. The summed E-state index contributed by atoms with van der Waals surface area (Å²) < 4.78 is 0. The van der Waals surface area contributed by atoms with Gasteiger partial charge in [-0.05, 0) is 62.4 Å². The molecule has 0 aromatic heterocycles. The first-order valence-corrected chi connectivity index (χ1v) is 7.06. The second-order valence-electron chi connectivity index (χ2n) is 5.74. The molecule has 0 saturated heterocycles. The Labute approximate surface area is 121 Å². The van der Waals surface area contributed by atoms with E-state index in [1.165, 1.54) is 22.3 Å². The Kier molecular flexibility index (Phi) is 4.08. The first kappa shape index (κ1) is 14.5. The Bertz CT molecular complexity index is 622. The van der Waals surface area contributed by atoms with Gasteiger partial charge in [-0.15, -0.1) is 0 Å². The van der Waals surface area contributed by atoms with Crippen LogP contribution in [-0.4, -0.2) is 5.78 Å². The summed E-state index contributed by atoms with van der Waals surface area (Å²) in [6.45, 7) is 10.3. The summed E-state index contributed by atoms with van der Waals surface area (Å²) in [7, 11) is 0. The predicted molar refractivity (Wildman–Crippen MR) is 84.6 cm³/mol. The SMILES string of the molecule is Cc1cc(C)c(CC(=O)c2c(C)cccc2C)c(C)c1. The lowest BCUT2D eigenvalue weighted by molar-refractivity contribution is 0.0991. The van der Waals surface area contributed by atoms with E-state index in [-0.39, 0.29) is 5.78 Å². The molecule has 2 rings (SSSR count). The summed E-state index contributed by atoms with van der Waals surface area (Å²) in [5, 5.41) is 0. The zero-order valence-electron chi connectivity index (χ0n) is 13.0. The van der Waals surface area contributed by atoms with E-state index in [1.54, 1.807) is 0 Å². The number of aryl methyl sites for hydroxylation is 5. The van der Waals surface area contributed by atoms with Gasteiger partial charge in [0.2, 0.25) is 0 Å². The summed E-state index contributed by atoms with van der Waals surface area (Å²) in [6.07, 6.45) is 0.490. The molecule has 0 fully saturated rings. The third kappa shape index (κ3) is 2.82. The van der Waals surface area contributed by atoms with Gasteiger partial charge in [0, 0.05) is 12.0 Å². The Hall–Kier alpha value is -1.89. The van der Waals surface area contributed by atoms with Crippen LogP contribution in [0.3, 0.4) is 0 Å². The van der Waals surface area contributed by atoms with E-state index in [2.05, 4.69) is 32.9 Å². The normalized spacial score (nSPS) is 10.7. The van der Waals surface area contributed by atoms with Crippen molar-refractivity contribution in [3.63, 3.8) is 0 Å². The van der Waals surface area contributed by atoms with Crippen LogP contribution in [0.1, 0.15) is 43.7 Å². The highest BCUT2D eigenvalue weighted by Gasteiger charge is 2.15. The standard InChI is InChI=1S/C19H22O/c1-12-9-15(4)17(16(5)10-12)11-18(20)19-13(2)7-6-8-14(19)3/h6-10H,11H2,1-5H3. The van der Waals surface area contributed by atoms with Gasteiger partial charge in [-0.25, -0.2) is 0 Å². The number of Topliss-reactive ketones (excluding diaryl/α,β-unsaturated/α-hetero) is 1. The van der Waals surface area contributed by atoms with Gasteiger partial charge in [-0.2, -0.15) is 0 Å².